The largest absolute Gasteiger partial charge is 0.333 e. The van der Waals surface area contributed by atoms with Crippen molar-refractivity contribution in [2.75, 3.05) is 0 Å². The average Bonchev–Trinajstić information content (AvgIpc) is 2.60. The van der Waals surface area contributed by atoms with Crippen LogP contribution < -0.4 is 5.73 Å². The summed E-state index contributed by atoms with van der Waals surface area (Å²) >= 11 is 0. The molecule has 0 fully saturated rings. The van der Waals surface area contributed by atoms with E-state index in [2.05, 4.69) is 16.5 Å². The van der Waals surface area contributed by atoms with E-state index in [0.717, 1.165) is 12.2 Å². The van der Waals surface area contributed by atoms with Crippen LogP contribution in [0.3, 0.4) is 0 Å². The molecular formula is C10H19N3. The number of aryl methyl sites for hydroxylation is 1. The van der Waals surface area contributed by atoms with Gasteiger partial charge in [-0.15, -0.1) is 0 Å². The van der Waals surface area contributed by atoms with Crippen molar-refractivity contribution < 1.29 is 0 Å². The van der Waals surface area contributed by atoms with Crippen LogP contribution in [0.25, 0.3) is 0 Å². The van der Waals surface area contributed by atoms with E-state index < -0.39 is 0 Å². The lowest BCUT2D eigenvalue weighted by molar-refractivity contribution is 0.568. The summed E-state index contributed by atoms with van der Waals surface area (Å²) in [5.74, 6) is 0. The molecule has 74 valence electrons. The van der Waals surface area contributed by atoms with Crippen LogP contribution in [-0.4, -0.2) is 9.55 Å². The molecule has 1 aromatic heterocycles. The number of rotatable bonds is 6. The molecule has 3 nitrogen and oxygen atoms in total. The zero-order valence-electron chi connectivity index (χ0n) is 8.37. The van der Waals surface area contributed by atoms with Crippen LogP contribution in [0.1, 0.15) is 38.3 Å². The molecule has 0 saturated heterocycles. The zero-order valence-corrected chi connectivity index (χ0v) is 8.37. The van der Waals surface area contributed by atoms with Crippen molar-refractivity contribution in [2.24, 2.45) is 5.73 Å². The molecule has 0 aromatic carbocycles. The predicted molar refractivity (Wildman–Crippen MR) is 54.3 cm³/mol. The maximum atomic E-state index is 5.56. The number of imidazole rings is 1. The second-order valence-corrected chi connectivity index (χ2v) is 3.34. The summed E-state index contributed by atoms with van der Waals surface area (Å²) in [7, 11) is 0. The van der Waals surface area contributed by atoms with Gasteiger partial charge in [0.15, 0.2) is 0 Å². The summed E-state index contributed by atoms with van der Waals surface area (Å²) in [6.45, 7) is 3.88. The Morgan fingerprint density at radius 3 is 2.92 bits per heavy atom. The zero-order chi connectivity index (χ0) is 9.52. The summed E-state index contributed by atoms with van der Waals surface area (Å²) in [5.41, 5.74) is 6.70. The number of nitrogens with zero attached hydrogens (tertiary/aromatic N) is 2. The molecule has 0 radical (unpaired) electrons. The summed E-state index contributed by atoms with van der Waals surface area (Å²) in [5, 5.41) is 0. The summed E-state index contributed by atoms with van der Waals surface area (Å²) in [6.07, 6.45) is 8.87. The third-order valence-electron chi connectivity index (χ3n) is 2.26. The van der Waals surface area contributed by atoms with Gasteiger partial charge < -0.3 is 10.3 Å². The van der Waals surface area contributed by atoms with E-state index >= 15 is 0 Å². The fraction of sp³-hybridized carbons (Fsp3) is 0.700. The van der Waals surface area contributed by atoms with E-state index in [-0.39, 0.29) is 0 Å². The van der Waals surface area contributed by atoms with Crippen molar-refractivity contribution in [3.63, 3.8) is 0 Å². The van der Waals surface area contributed by atoms with Gasteiger partial charge in [-0.3, -0.25) is 0 Å². The van der Waals surface area contributed by atoms with E-state index in [1.54, 1.807) is 0 Å². The van der Waals surface area contributed by atoms with Crippen molar-refractivity contribution in [2.45, 2.75) is 45.7 Å². The number of hydrogen-bond donors (Lipinski definition) is 1. The van der Waals surface area contributed by atoms with E-state index in [0.29, 0.717) is 6.54 Å². The number of aromatic nitrogens is 2. The standard InChI is InChI=1S/C10H19N3/c1-2-3-4-5-6-13-9-12-8-10(13)7-11/h8-9H,2-7,11H2,1H3. The normalized spacial score (nSPS) is 10.6. The molecule has 0 saturated carbocycles. The average molecular weight is 181 g/mol. The van der Waals surface area contributed by atoms with Gasteiger partial charge >= 0.3 is 0 Å². The quantitative estimate of drug-likeness (QED) is 0.681. The van der Waals surface area contributed by atoms with Gasteiger partial charge in [0.25, 0.3) is 0 Å². The molecule has 0 aliphatic carbocycles. The van der Waals surface area contributed by atoms with Gasteiger partial charge in [-0.1, -0.05) is 26.2 Å². The van der Waals surface area contributed by atoms with Gasteiger partial charge in [0, 0.05) is 19.3 Å². The third kappa shape index (κ3) is 3.19. The highest BCUT2D eigenvalue weighted by atomic mass is 15.0. The van der Waals surface area contributed by atoms with Crippen LogP contribution in [0.15, 0.2) is 12.5 Å². The van der Waals surface area contributed by atoms with Crippen molar-refractivity contribution in [1.82, 2.24) is 9.55 Å². The van der Waals surface area contributed by atoms with Crippen LogP contribution in [0.4, 0.5) is 0 Å². The fourth-order valence-corrected chi connectivity index (χ4v) is 1.43. The van der Waals surface area contributed by atoms with Gasteiger partial charge in [0.2, 0.25) is 0 Å². The molecule has 13 heavy (non-hydrogen) atoms. The highest BCUT2D eigenvalue weighted by molar-refractivity contribution is 4.96. The Hall–Kier alpha value is -0.830. The third-order valence-corrected chi connectivity index (χ3v) is 2.26. The Morgan fingerprint density at radius 2 is 2.23 bits per heavy atom. The van der Waals surface area contributed by atoms with Gasteiger partial charge in [0.1, 0.15) is 0 Å². The first-order chi connectivity index (χ1) is 6.38. The number of unbranched alkanes of at least 4 members (excludes halogenated alkanes) is 3. The fourth-order valence-electron chi connectivity index (χ4n) is 1.43. The Morgan fingerprint density at radius 1 is 1.38 bits per heavy atom. The number of nitrogens with two attached hydrogens (primary N) is 1. The van der Waals surface area contributed by atoms with E-state index in [1.807, 2.05) is 12.5 Å². The second kappa shape index (κ2) is 5.75. The molecule has 1 aromatic rings. The monoisotopic (exact) mass is 181 g/mol. The van der Waals surface area contributed by atoms with Gasteiger partial charge in [-0.2, -0.15) is 0 Å². The van der Waals surface area contributed by atoms with E-state index in [9.17, 15) is 0 Å². The van der Waals surface area contributed by atoms with Crippen LogP contribution >= 0.6 is 0 Å². The highest BCUT2D eigenvalue weighted by Gasteiger charge is 1.98. The minimum Gasteiger partial charge on any atom is -0.333 e. The molecule has 0 aliphatic heterocycles. The van der Waals surface area contributed by atoms with Crippen LogP contribution in [0.2, 0.25) is 0 Å². The lowest BCUT2D eigenvalue weighted by Gasteiger charge is -2.05. The first-order valence-corrected chi connectivity index (χ1v) is 5.07. The first-order valence-electron chi connectivity index (χ1n) is 5.07. The van der Waals surface area contributed by atoms with Crippen LogP contribution in [0.5, 0.6) is 0 Å². The van der Waals surface area contributed by atoms with E-state index in [1.165, 1.54) is 25.7 Å². The Kier molecular flexibility index (Phi) is 4.54. The molecule has 1 heterocycles. The molecular weight excluding hydrogens is 162 g/mol. The summed E-state index contributed by atoms with van der Waals surface area (Å²) in [4.78, 5) is 4.07. The molecule has 0 atom stereocenters. The topological polar surface area (TPSA) is 43.8 Å². The van der Waals surface area contributed by atoms with Crippen LogP contribution in [-0.2, 0) is 13.1 Å². The Bertz CT molecular complexity index is 230. The van der Waals surface area contributed by atoms with Crippen molar-refractivity contribution in [3.8, 4) is 0 Å². The summed E-state index contributed by atoms with van der Waals surface area (Å²) < 4.78 is 2.15. The van der Waals surface area contributed by atoms with Gasteiger partial charge in [0.05, 0.1) is 12.0 Å². The minimum atomic E-state index is 0.591. The molecule has 3 heteroatoms. The predicted octanol–water partition coefficient (Wildman–Crippen LogP) is 1.92. The molecule has 0 amide bonds. The van der Waals surface area contributed by atoms with E-state index in [4.69, 9.17) is 5.73 Å². The Balaban J connectivity index is 2.27. The molecule has 1 rings (SSSR count). The van der Waals surface area contributed by atoms with Crippen molar-refractivity contribution >= 4 is 0 Å². The van der Waals surface area contributed by atoms with Crippen LogP contribution in [0, 0.1) is 0 Å². The lowest BCUT2D eigenvalue weighted by atomic mass is 10.2. The highest BCUT2D eigenvalue weighted by Crippen LogP contribution is 2.04. The number of hydrogen-bond acceptors (Lipinski definition) is 2. The molecule has 0 spiro atoms. The van der Waals surface area contributed by atoms with Gasteiger partial charge in [-0.05, 0) is 6.42 Å². The smallest absolute Gasteiger partial charge is 0.0948 e. The maximum absolute atomic E-state index is 5.56. The lowest BCUT2D eigenvalue weighted by Crippen LogP contribution is -2.06. The first kappa shape index (κ1) is 10.3. The molecule has 0 aliphatic rings. The molecule has 2 N–H and O–H groups in total. The summed E-state index contributed by atoms with van der Waals surface area (Å²) in [6, 6.07) is 0. The van der Waals surface area contributed by atoms with Crippen molar-refractivity contribution in [1.29, 1.82) is 0 Å². The SMILES string of the molecule is CCCCCCn1cncc1CN. The molecule has 0 bridgehead atoms. The minimum absolute atomic E-state index is 0.591. The van der Waals surface area contributed by atoms with Crippen molar-refractivity contribution in [3.05, 3.63) is 18.2 Å². The maximum Gasteiger partial charge on any atom is 0.0948 e. The molecule has 0 unspecified atom stereocenters. The van der Waals surface area contributed by atoms with Gasteiger partial charge in [-0.25, -0.2) is 4.98 Å². The second-order valence-electron chi connectivity index (χ2n) is 3.34. The Labute approximate surface area is 80.0 Å².